The third-order valence-corrected chi connectivity index (χ3v) is 4.46. The van der Waals surface area contributed by atoms with Crippen molar-refractivity contribution in [2.45, 2.75) is 57.0 Å². The number of rotatable bonds is 10. The number of unbranched alkanes of at least 4 members (excludes halogenated alkanes) is 5. The van der Waals surface area contributed by atoms with Crippen LogP contribution < -0.4 is 4.72 Å². The lowest BCUT2D eigenvalue weighted by molar-refractivity contribution is 0.277. The Labute approximate surface area is 115 Å². The van der Waals surface area contributed by atoms with Crippen LogP contribution in [-0.4, -0.2) is 25.1 Å². The Balaban J connectivity index is 2.27. The average Bonchev–Trinajstić information content (AvgIpc) is 2.87. The molecule has 6 heteroatoms. The minimum Gasteiger partial charge on any atom is -0.390 e. The van der Waals surface area contributed by atoms with Crippen LogP contribution in [-0.2, 0) is 16.6 Å². The van der Waals surface area contributed by atoms with Crippen molar-refractivity contribution in [3.05, 3.63) is 18.0 Å². The highest BCUT2D eigenvalue weighted by atomic mass is 32.2. The highest BCUT2D eigenvalue weighted by Gasteiger charge is 2.14. The van der Waals surface area contributed by atoms with Gasteiger partial charge in [0.1, 0.15) is 0 Å². The highest BCUT2D eigenvalue weighted by Crippen LogP contribution is 2.11. The van der Waals surface area contributed by atoms with E-state index in [1.54, 1.807) is 0 Å². The van der Waals surface area contributed by atoms with Gasteiger partial charge in [-0.15, -0.1) is 0 Å². The zero-order chi connectivity index (χ0) is 14.1. The van der Waals surface area contributed by atoms with Gasteiger partial charge < -0.3 is 10.1 Å². The summed E-state index contributed by atoms with van der Waals surface area (Å²) in [5.41, 5.74) is 0.500. The van der Waals surface area contributed by atoms with Crippen molar-refractivity contribution in [2.75, 3.05) is 6.54 Å². The summed E-state index contributed by atoms with van der Waals surface area (Å²) in [7, 11) is -3.44. The summed E-state index contributed by atoms with van der Waals surface area (Å²) in [4.78, 5) is 2.90. The van der Waals surface area contributed by atoms with E-state index in [0.717, 1.165) is 19.3 Å². The van der Waals surface area contributed by atoms with E-state index in [9.17, 15) is 8.42 Å². The highest BCUT2D eigenvalue weighted by molar-refractivity contribution is 7.89. The molecule has 0 spiro atoms. The maximum Gasteiger partial charge on any atom is 0.242 e. The van der Waals surface area contributed by atoms with Crippen LogP contribution in [0.5, 0.6) is 0 Å². The number of H-pyrrole nitrogens is 1. The average molecular weight is 288 g/mol. The number of aliphatic hydroxyl groups is 1. The van der Waals surface area contributed by atoms with E-state index in [1.807, 2.05) is 0 Å². The fraction of sp³-hybridized carbons (Fsp3) is 0.692. The molecule has 3 N–H and O–H groups in total. The number of aliphatic hydroxyl groups excluding tert-OH is 1. The van der Waals surface area contributed by atoms with Crippen LogP contribution in [0.4, 0.5) is 0 Å². The fourth-order valence-corrected chi connectivity index (χ4v) is 2.95. The molecule has 0 atom stereocenters. The second-order valence-corrected chi connectivity index (χ2v) is 6.45. The van der Waals surface area contributed by atoms with Crippen molar-refractivity contribution in [2.24, 2.45) is 0 Å². The monoisotopic (exact) mass is 288 g/mol. The molecule has 0 aliphatic carbocycles. The van der Waals surface area contributed by atoms with E-state index in [0.29, 0.717) is 12.2 Å². The molecule has 1 rings (SSSR count). The molecular weight excluding hydrogens is 264 g/mol. The second kappa shape index (κ2) is 8.35. The van der Waals surface area contributed by atoms with Gasteiger partial charge in [-0.05, 0) is 12.5 Å². The number of nitrogens with one attached hydrogen (secondary N) is 2. The molecule has 19 heavy (non-hydrogen) atoms. The topological polar surface area (TPSA) is 82.2 Å². The van der Waals surface area contributed by atoms with Crippen molar-refractivity contribution in [3.63, 3.8) is 0 Å². The van der Waals surface area contributed by atoms with E-state index < -0.39 is 10.0 Å². The van der Waals surface area contributed by atoms with E-state index in [2.05, 4.69) is 16.6 Å². The molecule has 0 saturated heterocycles. The summed E-state index contributed by atoms with van der Waals surface area (Å²) in [6.07, 6.45) is 8.16. The van der Waals surface area contributed by atoms with Crippen molar-refractivity contribution >= 4 is 10.0 Å². The molecule has 0 aliphatic rings. The first-order valence-corrected chi connectivity index (χ1v) is 8.36. The molecular formula is C13H24N2O3S. The summed E-state index contributed by atoms with van der Waals surface area (Å²) >= 11 is 0. The maximum absolute atomic E-state index is 11.9. The molecule has 5 nitrogen and oxygen atoms in total. The Morgan fingerprint density at radius 2 is 1.89 bits per heavy atom. The van der Waals surface area contributed by atoms with E-state index >= 15 is 0 Å². The Morgan fingerprint density at radius 1 is 1.21 bits per heavy atom. The number of aromatic amines is 1. The summed E-state index contributed by atoms with van der Waals surface area (Å²) < 4.78 is 26.3. The fourth-order valence-electron chi connectivity index (χ4n) is 1.86. The van der Waals surface area contributed by atoms with Crippen LogP contribution >= 0.6 is 0 Å². The first-order chi connectivity index (χ1) is 9.10. The van der Waals surface area contributed by atoms with E-state index in [-0.39, 0.29) is 11.5 Å². The van der Waals surface area contributed by atoms with Gasteiger partial charge in [0.25, 0.3) is 0 Å². The van der Waals surface area contributed by atoms with Gasteiger partial charge in [0.15, 0.2) is 0 Å². The molecule has 0 radical (unpaired) electrons. The number of hydrogen-bond acceptors (Lipinski definition) is 3. The predicted molar refractivity (Wildman–Crippen MR) is 75.3 cm³/mol. The summed E-state index contributed by atoms with van der Waals surface area (Å²) in [5.74, 6) is 0. The third kappa shape index (κ3) is 5.76. The molecule has 1 aromatic heterocycles. The van der Waals surface area contributed by atoms with Gasteiger partial charge >= 0.3 is 0 Å². The molecule has 0 saturated carbocycles. The van der Waals surface area contributed by atoms with Crippen LogP contribution in [0.25, 0.3) is 0 Å². The molecule has 0 fully saturated rings. The molecule has 0 aliphatic heterocycles. The van der Waals surface area contributed by atoms with Crippen molar-refractivity contribution in [1.82, 2.24) is 9.71 Å². The van der Waals surface area contributed by atoms with E-state index in [4.69, 9.17) is 5.11 Å². The van der Waals surface area contributed by atoms with Gasteiger partial charge in [-0.1, -0.05) is 39.0 Å². The molecule has 1 aromatic rings. The maximum atomic E-state index is 11.9. The molecule has 1 heterocycles. The van der Waals surface area contributed by atoms with Crippen molar-refractivity contribution in [1.29, 1.82) is 0 Å². The summed E-state index contributed by atoms with van der Waals surface area (Å²) in [5, 5.41) is 8.89. The standard InChI is InChI=1S/C13H24N2O3S/c1-2-3-4-5-6-7-8-15-19(17,18)13-9-12(11-16)14-10-13/h9-10,14-16H,2-8,11H2,1H3. The molecule has 0 unspecified atom stereocenters. The number of hydrogen-bond donors (Lipinski definition) is 3. The largest absolute Gasteiger partial charge is 0.390 e. The van der Waals surface area contributed by atoms with Crippen molar-refractivity contribution in [3.8, 4) is 0 Å². The third-order valence-electron chi connectivity index (χ3n) is 3.02. The second-order valence-electron chi connectivity index (χ2n) is 4.68. The van der Waals surface area contributed by atoms with Crippen LogP contribution in [0.15, 0.2) is 17.2 Å². The Kier molecular flexibility index (Phi) is 7.12. The van der Waals surface area contributed by atoms with Crippen molar-refractivity contribution < 1.29 is 13.5 Å². The Bertz CT molecular complexity index is 454. The number of aromatic nitrogens is 1. The molecule has 0 bridgehead atoms. The zero-order valence-corrected chi connectivity index (χ0v) is 12.3. The van der Waals surface area contributed by atoms with Crippen LogP contribution in [0.1, 0.15) is 51.1 Å². The minimum atomic E-state index is -3.44. The van der Waals surface area contributed by atoms with Gasteiger partial charge in [-0.2, -0.15) is 0 Å². The van der Waals surface area contributed by atoms with Gasteiger partial charge in [0.05, 0.1) is 11.5 Å². The smallest absolute Gasteiger partial charge is 0.242 e. The summed E-state index contributed by atoms with van der Waals surface area (Å²) in [6, 6.07) is 1.45. The van der Waals surface area contributed by atoms with Crippen LogP contribution in [0, 0.1) is 0 Å². The Morgan fingerprint density at radius 3 is 2.53 bits per heavy atom. The molecule has 0 amide bonds. The number of sulfonamides is 1. The lowest BCUT2D eigenvalue weighted by atomic mass is 10.1. The zero-order valence-electron chi connectivity index (χ0n) is 11.5. The van der Waals surface area contributed by atoms with Crippen LogP contribution in [0.3, 0.4) is 0 Å². The molecule has 0 aromatic carbocycles. The van der Waals surface area contributed by atoms with E-state index in [1.165, 1.54) is 31.5 Å². The summed E-state index contributed by atoms with van der Waals surface area (Å²) in [6.45, 7) is 2.45. The lowest BCUT2D eigenvalue weighted by Gasteiger charge is -2.04. The predicted octanol–water partition coefficient (Wildman–Crippen LogP) is 2.15. The van der Waals surface area contributed by atoms with Gasteiger partial charge in [-0.3, -0.25) is 0 Å². The van der Waals surface area contributed by atoms with Gasteiger partial charge in [-0.25, -0.2) is 13.1 Å². The first-order valence-electron chi connectivity index (χ1n) is 6.88. The lowest BCUT2D eigenvalue weighted by Crippen LogP contribution is -2.24. The van der Waals surface area contributed by atoms with Gasteiger partial charge in [0, 0.05) is 18.4 Å². The van der Waals surface area contributed by atoms with Gasteiger partial charge in [0.2, 0.25) is 10.0 Å². The SMILES string of the molecule is CCCCCCCCNS(=O)(=O)c1c[nH]c(CO)c1. The first kappa shape index (κ1) is 16.2. The van der Waals surface area contributed by atoms with Crippen LogP contribution in [0.2, 0.25) is 0 Å². The normalized spacial score (nSPS) is 11.9. The Hall–Kier alpha value is -0.850. The minimum absolute atomic E-state index is 0.183. The quantitative estimate of drug-likeness (QED) is 0.577. The molecule has 110 valence electrons.